The fourth-order valence-electron chi connectivity index (χ4n) is 1.12. The smallest absolute Gasteiger partial charge is 0.239 e. The molecule has 0 aliphatic heterocycles. The van der Waals surface area contributed by atoms with Crippen LogP contribution in [0.2, 0.25) is 0 Å². The van der Waals surface area contributed by atoms with Crippen LogP contribution in [-0.2, 0) is 0 Å². The quantitative estimate of drug-likeness (QED) is 0.525. The van der Waals surface area contributed by atoms with Crippen LogP contribution in [-0.4, -0.2) is 25.4 Å². The summed E-state index contributed by atoms with van der Waals surface area (Å²) in [6.07, 6.45) is 0. The summed E-state index contributed by atoms with van der Waals surface area (Å²) in [5, 5.41) is 24.7. The summed E-state index contributed by atoms with van der Waals surface area (Å²) >= 11 is 0. The van der Waals surface area contributed by atoms with Crippen LogP contribution in [0, 0.1) is 0 Å². The Kier molecular flexibility index (Phi) is 1.74. The minimum atomic E-state index is -0.0823. The molecular weight excluding hydrogens is 184 g/mol. The van der Waals surface area contributed by atoms with Crippen LogP contribution < -0.4 is 5.73 Å². The Bertz CT molecular complexity index is 466. The molecule has 0 unspecified atom stereocenters. The summed E-state index contributed by atoms with van der Waals surface area (Å²) in [7, 11) is 0. The van der Waals surface area contributed by atoms with Gasteiger partial charge in [0.15, 0.2) is 5.82 Å². The molecule has 14 heavy (non-hydrogen) atoms. The van der Waals surface area contributed by atoms with E-state index in [1.807, 2.05) is 0 Å². The van der Waals surface area contributed by atoms with Crippen molar-refractivity contribution in [1.82, 2.24) is 15.2 Å². The largest absolute Gasteiger partial charge is 0.508 e. The number of H-pyrrole nitrogens is 1. The summed E-state index contributed by atoms with van der Waals surface area (Å²) < 4.78 is 0. The van der Waals surface area contributed by atoms with E-state index in [0.29, 0.717) is 11.4 Å². The maximum Gasteiger partial charge on any atom is 0.239 e. The minimum absolute atomic E-state index is 0.0151. The summed E-state index contributed by atoms with van der Waals surface area (Å²) in [5.41, 5.74) is 5.75. The first kappa shape index (κ1) is 8.36. The van der Waals surface area contributed by atoms with E-state index in [1.54, 1.807) is 0 Å². The van der Waals surface area contributed by atoms with Gasteiger partial charge in [0.2, 0.25) is 5.95 Å². The molecule has 0 spiro atoms. The summed E-state index contributed by atoms with van der Waals surface area (Å²) in [4.78, 5) is 3.84. The zero-order valence-electron chi connectivity index (χ0n) is 7.10. The van der Waals surface area contributed by atoms with Gasteiger partial charge >= 0.3 is 0 Å². The van der Waals surface area contributed by atoms with Crippen LogP contribution in [0.25, 0.3) is 11.4 Å². The fourth-order valence-corrected chi connectivity index (χ4v) is 1.12. The first-order valence-electron chi connectivity index (χ1n) is 3.87. The SMILES string of the molecule is Nc1n[nH]c(-c2ccc(O)cc2O)n1. The number of phenols is 2. The number of nitrogen functional groups attached to an aromatic ring is 1. The number of aromatic nitrogens is 3. The van der Waals surface area contributed by atoms with Crippen molar-refractivity contribution in [3.63, 3.8) is 0 Å². The van der Waals surface area contributed by atoms with Crippen LogP contribution >= 0.6 is 0 Å². The second-order valence-corrected chi connectivity index (χ2v) is 2.74. The Morgan fingerprint density at radius 3 is 2.64 bits per heavy atom. The highest BCUT2D eigenvalue weighted by atomic mass is 16.3. The van der Waals surface area contributed by atoms with Gasteiger partial charge in [0.05, 0.1) is 5.56 Å². The average molecular weight is 192 g/mol. The van der Waals surface area contributed by atoms with Gasteiger partial charge in [0.1, 0.15) is 11.5 Å². The number of rotatable bonds is 1. The number of benzene rings is 1. The lowest BCUT2D eigenvalue weighted by molar-refractivity contribution is 0.451. The highest BCUT2D eigenvalue weighted by molar-refractivity contribution is 5.65. The van der Waals surface area contributed by atoms with E-state index in [4.69, 9.17) is 10.8 Å². The third-order valence-electron chi connectivity index (χ3n) is 1.74. The van der Waals surface area contributed by atoms with E-state index >= 15 is 0 Å². The molecule has 72 valence electrons. The van der Waals surface area contributed by atoms with E-state index in [9.17, 15) is 5.11 Å². The monoisotopic (exact) mass is 192 g/mol. The van der Waals surface area contributed by atoms with Gasteiger partial charge < -0.3 is 15.9 Å². The van der Waals surface area contributed by atoms with E-state index in [-0.39, 0.29) is 17.4 Å². The van der Waals surface area contributed by atoms with Crippen LogP contribution in [0.3, 0.4) is 0 Å². The van der Waals surface area contributed by atoms with Crippen molar-refractivity contribution in [1.29, 1.82) is 0 Å². The molecule has 0 radical (unpaired) electrons. The molecule has 5 N–H and O–H groups in total. The van der Waals surface area contributed by atoms with Crippen molar-refractivity contribution in [2.75, 3.05) is 5.73 Å². The Hall–Kier alpha value is -2.24. The molecule has 0 bridgehead atoms. The summed E-state index contributed by atoms with van der Waals surface area (Å²) in [6, 6.07) is 4.17. The predicted molar refractivity (Wildman–Crippen MR) is 49.6 cm³/mol. The lowest BCUT2D eigenvalue weighted by atomic mass is 10.2. The zero-order valence-corrected chi connectivity index (χ0v) is 7.10. The molecular formula is C8H8N4O2. The van der Waals surface area contributed by atoms with Crippen molar-refractivity contribution in [3.05, 3.63) is 18.2 Å². The second-order valence-electron chi connectivity index (χ2n) is 2.74. The molecule has 0 aliphatic carbocycles. The average Bonchev–Trinajstić information content (AvgIpc) is 2.51. The Morgan fingerprint density at radius 2 is 2.07 bits per heavy atom. The number of nitrogens with two attached hydrogens (primary N) is 1. The molecule has 2 rings (SSSR count). The molecule has 0 fully saturated rings. The number of hydrogen-bond donors (Lipinski definition) is 4. The van der Waals surface area contributed by atoms with Crippen molar-refractivity contribution >= 4 is 5.95 Å². The highest BCUT2D eigenvalue weighted by Gasteiger charge is 2.08. The summed E-state index contributed by atoms with van der Waals surface area (Å²) in [6.45, 7) is 0. The number of anilines is 1. The van der Waals surface area contributed by atoms with Gasteiger partial charge in [0, 0.05) is 6.07 Å². The fraction of sp³-hybridized carbons (Fsp3) is 0. The molecule has 0 atom stereocenters. The number of aromatic amines is 1. The van der Waals surface area contributed by atoms with Gasteiger partial charge in [-0.2, -0.15) is 4.98 Å². The number of hydrogen-bond acceptors (Lipinski definition) is 5. The van der Waals surface area contributed by atoms with Crippen LogP contribution in [0.1, 0.15) is 0 Å². The lowest BCUT2D eigenvalue weighted by Crippen LogP contribution is -1.85. The highest BCUT2D eigenvalue weighted by Crippen LogP contribution is 2.29. The van der Waals surface area contributed by atoms with Gasteiger partial charge in [-0.25, -0.2) is 0 Å². The van der Waals surface area contributed by atoms with E-state index in [1.165, 1.54) is 18.2 Å². The van der Waals surface area contributed by atoms with Gasteiger partial charge in [-0.1, -0.05) is 0 Å². The molecule has 0 saturated heterocycles. The van der Waals surface area contributed by atoms with Crippen molar-refractivity contribution in [2.45, 2.75) is 0 Å². The van der Waals surface area contributed by atoms with Crippen molar-refractivity contribution in [2.24, 2.45) is 0 Å². The molecule has 0 aliphatic rings. The van der Waals surface area contributed by atoms with E-state index in [0.717, 1.165) is 0 Å². The standard InChI is InChI=1S/C8H8N4O2/c9-8-10-7(11-12-8)5-2-1-4(13)3-6(5)14/h1-3,13-14H,(H3,9,10,11,12). The molecule has 6 heteroatoms. The third kappa shape index (κ3) is 1.33. The van der Waals surface area contributed by atoms with Gasteiger partial charge in [-0.05, 0) is 12.1 Å². The van der Waals surface area contributed by atoms with E-state index < -0.39 is 0 Å². The van der Waals surface area contributed by atoms with Crippen molar-refractivity contribution < 1.29 is 10.2 Å². The van der Waals surface area contributed by atoms with Crippen LogP contribution in [0.15, 0.2) is 18.2 Å². The molecule has 1 aromatic heterocycles. The first-order valence-corrected chi connectivity index (χ1v) is 3.87. The lowest BCUT2D eigenvalue weighted by Gasteiger charge is -2.00. The first-order chi connectivity index (χ1) is 6.66. The van der Waals surface area contributed by atoms with Gasteiger partial charge in [-0.15, -0.1) is 5.10 Å². The number of phenolic OH excluding ortho intramolecular Hbond substituents is 2. The number of nitrogens with one attached hydrogen (secondary N) is 1. The second kappa shape index (κ2) is 2.91. The number of nitrogens with zero attached hydrogens (tertiary/aromatic N) is 2. The van der Waals surface area contributed by atoms with E-state index in [2.05, 4.69) is 15.2 Å². The molecule has 1 aromatic carbocycles. The Morgan fingerprint density at radius 1 is 1.29 bits per heavy atom. The normalized spacial score (nSPS) is 10.3. The molecule has 0 saturated carbocycles. The topological polar surface area (TPSA) is 108 Å². The molecule has 6 nitrogen and oxygen atoms in total. The Balaban J connectivity index is 2.52. The van der Waals surface area contributed by atoms with Gasteiger partial charge in [-0.3, -0.25) is 5.10 Å². The molecule has 0 amide bonds. The molecule has 1 heterocycles. The van der Waals surface area contributed by atoms with Gasteiger partial charge in [0.25, 0.3) is 0 Å². The third-order valence-corrected chi connectivity index (χ3v) is 1.74. The maximum atomic E-state index is 9.47. The maximum absolute atomic E-state index is 9.47. The van der Waals surface area contributed by atoms with Crippen LogP contribution in [0.4, 0.5) is 5.95 Å². The number of aromatic hydroxyl groups is 2. The van der Waals surface area contributed by atoms with Crippen LogP contribution in [0.5, 0.6) is 11.5 Å². The summed E-state index contributed by atoms with van der Waals surface area (Å²) in [5.74, 6) is 0.368. The Labute approximate surface area is 79.0 Å². The minimum Gasteiger partial charge on any atom is -0.508 e. The van der Waals surface area contributed by atoms with Crippen molar-refractivity contribution in [3.8, 4) is 22.9 Å². The predicted octanol–water partition coefficient (Wildman–Crippen LogP) is 0.465. The zero-order chi connectivity index (χ0) is 10.1. The molecule has 2 aromatic rings.